The third-order valence-corrected chi connectivity index (χ3v) is 7.81. The first-order valence-corrected chi connectivity index (χ1v) is 12.9. The summed E-state index contributed by atoms with van der Waals surface area (Å²) >= 11 is 0. The van der Waals surface area contributed by atoms with Crippen molar-refractivity contribution in [1.29, 1.82) is 0 Å². The molecule has 0 bridgehead atoms. The van der Waals surface area contributed by atoms with Gasteiger partial charge in [0, 0.05) is 24.1 Å². The standard InChI is InChI=1S/C28H34FN5O3/c1-5-28(4)13-23(35)34(26(30)33-28)24(16-10-17(29)15-31-14-16)19-11-20(19)25(36)32-21-12-27(2,3)37-22-9-7-6-8-18(21)22/h6-10,14-15,19-21,24H,5,11-13H2,1-4H3,(H2,30,33)(H,32,36)/t19?,20-,21+,24?,28+/m1/s1. The summed E-state index contributed by atoms with van der Waals surface area (Å²) < 4.78 is 20.3. The Morgan fingerprint density at radius 1 is 1.30 bits per heavy atom. The molecule has 196 valence electrons. The highest BCUT2D eigenvalue weighted by atomic mass is 19.1. The average molecular weight is 508 g/mol. The summed E-state index contributed by atoms with van der Waals surface area (Å²) in [6.45, 7) is 7.87. The third-order valence-electron chi connectivity index (χ3n) is 7.81. The molecule has 3 heterocycles. The fourth-order valence-electron chi connectivity index (χ4n) is 5.66. The van der Waals surface area contributed by atoms with Gasteiger partial charge in [0.2, 0.25) is 11.8 Å². The molecule has 5 rings (SSSR count). The summed E-state index contributed by atoms with van der Waals surface area (Å²) in [5, 5.41) is 3.21. The lowest BCUT2D eigenvalue weighted by atomic mass is 9.89. The SMILES string of the molecule is CC[C@@]1(C)CC(=O)N(C(c2cncc(F)c2)C2C[C@H]2C(=O)N[C@H]2CC(C)(C)Oc3ccccc32)C(N)=N1. The maximum atomic E-state index is 14.2. The number of rotatable bonds is 6. The molecule has 2 aromatic rings. The number of amides is 2. The van der Waals surface area contributed by atoms with Crippen molar-refractivity contribution in [3.8, 4) is 5.75 Å². The van der Waals surface area contributed by atoms with Crippen molar-refractivity contribution < 1.29 is 18.7 Å². The Hall–Kier alpha value is -3.49. The number of carbonyl (C=O) groups is 2. The Morgan fingerprint density at radius 2 is 2.05 bits per heavy atom. The Kier molecular flexibility index (Phi) is 6.20. The van der Waals surface area contributed by atoms with Gasteiger partial charge in [-0.1, -0.05) is 25.1 Å². The monoisotopic (exact) mass is 507 g/mol. The molecule has 1 fully saturated rings. The van der Waals surface area contributed by atoms with E-state index in [-0.39, 0.29) is 42.1 Å². The van der Waals surface area contributed by atoms with Gasteiger partial charge in [-0.05, 0) is 57.2 Å². The van der Waals surface area contributed by atoms with Crippen LogP contribution in [0.2, 0.25) is 0 Å². The Morgan fingerprint density at radius 3 is 2.76 bits per heavy atom. The number of aromatic nitrogens is 1. The quantitative estimate of drug-likeness (QED) is 0.614. The number of aliphatic imine (C=N–C) groups is 1. The molecule has 9 heteroatoms. The van der Waals surface area contributed by atoms with Crippen molar-refractivity contribution in [3.05, 3.63) is 59.7 Å². The molecule has 2 aliphatic heterocycles. The van der Waals surface area contributed by atoms with Crippen LogP contribution in [-0.2, 0) is 9.59 Å². The smallest absolute Gasteiger partial charge is 0.232 e. The van der Waals surface area contributed by atoms with E-state index in [4.69, 9.17) is 10.5 Å². The number of fused-ring (bicyclic) bond motifs is 1. The highest BCUT2D eigenvalue weighted by Crippen LogP contribution is 2.52. The van der Waals surface area contributed by atoms with E-state index in [2.05, 4.69) is 15.3 Å². The van der Waals surface area contributed by atoms with Gasteiger partial charge in [-0.15, -0.1) is 0 Å². The highest BCUT2D eigenvalue weighted by Gasteiger charge is 2.53. The number of nitrogens with two attached hydrogens (primary N) is 1. The zero-order valence-electron chi connectivity index (χ0n) is 21.7. The lowest BCUT2D eigenvalue weighted by Crippen LogP contribution is -2.52. The zero-order valence-corrected chi connectivity index (χ0v) is 21.7. The van der Waals surface area contributed by atoms with E-state index in [1.165, 1.54) is 17.2 Å². The third kappa shape index (κ3) is 4.91. The number of pyridine rings is 1. The first-order chi connectivity index (χ1) is 17.5. The van der Waals surface area contributed by atoms with E-state index in [0.29, 0.717) is 24.8 Å². The average Bonchev–Trinajstić information content (AvgIpc) is 3.61. The molecule has 3 N–H and O–H groups in total. The predicted octanol–water partition coefficient (Wildman–Crippen LogP) is 4.03. The summed E-state index contributed by atoms with van der Waals surface area (Å²) in [7, 11) is 0. The molecular formula is C28H34FN5O3. The Balaban J connectivity index is 1.41. The van der Waals surface area contributed by atoms with Crippen molar-refractivity contribution in [2.75, 3.05) is 0 Å². The molecule has 3 aliphatic rings. The minimum absolute atomic E-state index is 0.0982. The van der Waals surface area contributed by atoms with Crippen molar-refractivity contribution in [3.63, 3.8) is 0 Å². The molecule has 1 aromatic heterocycles. The molecule has 8 nitrogen and oxygen atoms in total. The van der Waals surface area contributed by atoms with Gasteiger partial charge >= 0.3 is 0 Å². The van der Waals surface area contributed by atoms with Crippen LogP contribution >= 0.6 is 0 Å². The second kappa shape index (κ2) is 9.11. The van der Waals surface area contributed by atoms with E-state index in [1.54, 1.807) is 0 Å². The first kappa shape index (κ1) is 25.2. The van der Waals surface area contributed by atoms with Gasteiger partial charge in [0.15, 0.2) is 5.96 Å². The lowest BCUT2D eigenvalue weighted by Gasteiger charge is -2.39. The summed E-state index contributed by atoms with van der Waals surface area (Å²) in [5.74, 6) is -0.527. The number of halogens is 1. The van der Waals surface area contributed by atoms with Gasteiger partial charge in [0.25, 0.3) is 0 Å². The normalized spacial score (nSPS) is 29.0. The molecule has 1 aliphatic carbocycles. The van der Waals surface area contributed by atoms with Crippen LogP contribution in [0.4, 0.5) is 4.39 Å². The summed E-state index contributed by atoms with van der Waals surface area (Å²) in [6.07, 6.45) is 4.68. The summed E-state index contributed by atoms with van der Waals surface area (Å²) in [4.78, 5) is 36.9. The minimum atomic E-state index is -0.630. The van der Waals surface area contributed by atoms with E-state index in [0.717, 1.165) is 17.5 Å². The van der Waals surface area contributed by atoms with E-state index < -0.39 is 23.0 Å². The molecule has 0 radical (unpaired) electrons. The number of ether oxygens (including phenoxy) is 1. The summed E-state index contributed by atoms with van der Waals surface area (Å²) in [6, 6.07) is 8.26. The number of para-hydroxylation sites is 1. The number of nitrogens with one attached hydrogen (secondary N) is 1. The van der Waals surface area contributed by atoms with Crippen LogP contribution in [0.5, 0.6) is 5.75 Å². The van der Waals surface area contributed by atoms with Crippen molar-refractivity contribution in [2.45, 2.75) is 76.6 Å². The molecule has 37 heavy (non-hydrogen) atoms. The topological polar surface area (TPSA) is 110 Å². The number of nitrogens with zero attached hydrogens (tertiary/aromatic N) is 3. The maximum Gasteiger partial charge on any atom is 0.232 e. The van der Waals surface area contributed by atoms with Gasteiger partial charge in [0.05, 0.1) is 30.2 Å². The van der Waals surface area contributed by atoms with Crippen LogP contribution in [0.1, 0.15) is 76.6 Å². The van der Waals surface area contributed by atoms with Gasteiger partial charge < -0.3 is 15.8 Å². The second-order valence-electron chi connectivity index (χ2n) is 11.3. The molecule has 0 spiro atoms. The molecule has 0 saturated heterocycles. The summed E-state index contributed by atoms with van der Waals surface area (Å²) in [5.41, 5.74) is 6.79. The van der Waals surface area contributed by atoms with Crippen LogP contribution < -0.4 is 15.8 Å². The lowest BCUT2D eigenvalue weighted by molar-refractivity contribution is -0.132. The van der Waals surface area contributed by atoms with Crippen LogP contribution in [0.15, 0.2) is 47.7 Å². The number of carbonyl (C=O) groups excluding carboxylic acids is 2. The van der Waals surface area contributed by atoms with Crippen molar-refractivity contribution >= 4 is 17.8 Å². The van der Waals surface area contributed by atoms with E-state index in [1.807, 2.05) is 52.0 Å². The largest absolute Gasteiger partial charge is 0.487 e. The van der Waals surface area contributed by atoms with Gasteiger partial charge in [0.1, 0.15) is 17.2 Å². The van der Waals surface area contributed by atoms with Crippen LogP contribution in [-0.4, -0.2) is 38.8 Å². The number of hydrogen-bond acceptors (Lipinski definition) is 6. The number of hydrogen-bond donors (Lipinski definition) is 2. The van der Waals surface area contributed by atoms with E-state index >= 15 is 0 Å². The predicted molar refractivity (Wildman–Crippen MR) is 137 cm³/mol. The molecule has 1 saturated carbocycles. The minimum Gasteiger partial charge on any atom is -0.487 e. The van der Waals surface area contributed by atoms with Crippen LogP contribution in [0, 0.1) is 17.7 Å². The molecular weight excluding hydrogens is 473 g/mol. The van der Waals surface area contributed by atoms with Gasteiger partial charge in [-0.2, -0.15) is 0 Å². The fraction of sp³-hybridized carbons (Fsp3) is 0.500. The second-order valence-corrected chi connectivity index (χ2v) is 11.3. The zero-order chi connectivity index (χ0) is 26.5. The molecule has 2 amide bonds. The maximum absolute atomic E-state index is 14.2. The van der Waals surface area contributed by atoms with Gasteiger partial charge in [-0.3, -0.25) is 19.5 Å². The van der Waals surface area contributed by atoms with E-state index in [9.17, 15) is 14.0 Å². The van der Waals surface area contributed by atoms with Crippen molar-refractivity contribution in [1.82, 2.24) is 15.2 Å². The van der Waals surface area contributed by atoms with Crippen LogP contribution in [0.25, 0.3) is 0 Å². The Labute approximate surface area is 216 Å². The number of guanidine groups is 1. The molecule has 5 atom stereocenters. The molecule has 1 aromatic carbocycles. The molecule has 2 unspecified atom stereocenters. The first-order valence-electron chi connectivity index (χ1n) is 12.9. The van der Waals surface area contributed by atoms with Crippen molar-refractivity contribution in [2.24, 2.45) is 22.6 Å². The fourth-order valence-corrected chi connectivity index (χ4v) is 5.66. The Bertz CT molecular complexity index is 1260. The van der Waals surface area contributed by atoms with Gasteiger partial charge in [-0.25, -0.2) is 9.38 Å². The van der Waals surface area contributed by atoms with Crippen LogP contribution in [0.3, 0.4) is 0 Å². The highest BCUT2D eigenvalue weighted by molar-refractivity contribution is 5.99. The number of benzene rings is 1.